The summed E-state index contributed by atoms with van der Waals surface area (Å²) in [4.78, 5) is 2.59. The van der Waals surface area contributed by atoms with Crippen molar-refractivity contribution in [2.45, 2.75) is 19.4 Å². The third-order valence-corrected chi connectivity index (χ3v) is 1.31. The minimum Gasteiger partial charge on any atom is -0.385 e. The van der Waals surface area contributed by atoms with Gasteiger partial charge in [-0.25, -0.2) is 4.84 Å². The highest BCUT2D eigenvalue weighted by Crippen LogP contribution is 1.90. The van der Waals surface area contributed by atoms with Crippen molar-refractivity contribution in [3.8, 4) is 0 Å². The highest BCUT2D eigenvalue weighted by atomic mass is 35.5. The summed E-state index contributed by atoms with van der Waals surface area (Å²) in [6, 6.07) is 0.344. The van der Waals surface area contributed by atoms with Gasteiger partial charge in [0.25, 0.3) is 0 Å². The lowest BCUT2D eigenvalue weighted by atomic mass is 10.3. The Bertz CT molecular complexity index is 51.7. The molecule has 2 nitrogen and oxygen atoms in total. The smallest absolute Gasteiger partial charge is 0.0477 e. The summed E-state index contributed by atoms with van der Waals surface area (Å²) < 4.78 is 4.82. The fourth-order valence-corrected chi connectivity index (χ4v) is 0.458. The molecule has 0 amide bonds. The highest BCUT2D eigenvalue weighted by molar-refractivity contribution is 6.13. The van der Waals surface area contributed by atoms with Crippen molar-refractivity contribution < 1.29 is 4.74 Å². The van der Waals surface area contributed by atoms with Gasteiger partial charge in [0.1, 0.15) is 0 Å². The molecule has 0 bridgehead atoms. The van der Waals surface area contributed by atoms with Crippen LogP contribution in [0.1, 0.15) is 13.3 Å². The van der Waals surface area contributed by atoms with Crippen LogP contribution in [-0.2, 0) is 4.74 Å². The monoisotopic (exact) mass is 137 g/mol. The molecule has 0 aromatic carbocycles. The third kappa shape index (κ3) is 4.37. The Morgan fingerprint density at radius 3 is 2.75 bits per heavy atom. The second-order valence-corrected chi connectivity index (χ2v) is 2.01. The normalized spacial score (nSPS) is 13.9. The molecular formula is C5H12ClNO. The van der Waals surface area contributed by atoms with Crippen LogP contribution in [0.4, 0.5) is 0 Å². The first-order valence-corrected chi connectivity index (χ1v) is 3.04. The van der Waals surface area contributed by atoms with Crippen molar-refractivity contribution in [2.75, 3.05) is 13.7 Å². The van der Waals surface area contributed by atoms with Crippen LogP contribution in [-0.4, -0.2) is 19.8 Å². The second-order valence-electron chi connectivity index (χ2n) is 1.79. The maximum atomic E-state index is 5.28. The molecule has 50 valence electrons. The Morgan fingerprint density at radius 1 is 1.75 bits per heavy atom. The van der Waals surface area contributed by atoms with Gasteiger partial charge in [-0.15, -0.1) is 0 Å². The zero-order chi connectivity index (χ0) is 6.41. The van der Waals surface area contributed by atoms with Crippen LogP contribution in [0.3, 0.4) is 0 Å². The summed E-state index contributed by atoms with van der Waals surface area (Å²) >= 11 is 5.28. The molecule has 0 saturated heterocycles. The topological polar surface area (TPSA) is 21.3 Å². The number of nitrogens with one attached hydrogen (secondary N) is 1. The molecule has 0 fully saturated rings. The molecule has 0 unspecified atom stereocenters. The lowest BCUT2D eigenvalue weighted by Crippen LogP contribution is -2.17. The summed E-state index contributed by atoms with van der Waals surface area (Å²) in [7, 11) is 1.68. The molecule has 0 spiro atoms. The van der Waals surface area contributed by atoms with Crippen LogP contribution in [0.2, 0.25) is 0 Å². The number of methoxy groups -OCH3 is 1. The fourth-order valence-electron chi connectivity index (χ4n) is 0.349. The minimum atomic E-state index is 0.344. The Balaban J connectivity index is 2.86. The Hall–Kier alpha value is 0.210. The van der Waals surface area contributed by atoms with E-state index < -0.39 is 0 Å². The molecule has 0 aromatic rings. The number of hydrogen-bond donors (Lipinski definition) is 1. The molecule has 3 heteroatoms. The van der Waals surface area contributed by atoms with Crippen LogP contribution in [0, 0.1) is 0 Å². The average molecular weight is 138 g/mol. The molecule has 0 radical (unpaired) electrons. The van der Waals surface area contributed by atoms with Crippen molar-refractivity contribution in [2.24, 2.45) is 0 Å². The van der Waals surface area contributed by atoms with E-state index in [1.165, 1.54) is 0 Å². The van der Waals surface area contributed by atoms with Crippen molar-refractivity contribution in [1.82, 2.24) is 4.84 Å². The summed E-state index contributed by atoms with van der Waals surface area (Å²) in [5.74, 6) is 0. The van der Waals surface area contributed by atoms with E-state index >= 15 is 0 Å². The van der Waals surface area contributed by atoms with E-state index in [-0.39, 0.29) is 0 Å². The Kier molecular flexibility index (Phi) is 5.49. The summed E-state index contributed by atoms with van der Waals surface area (Å²) in [6.07, 6.45) is 0.958. The quantitative estimate of drug-likeness (QED) is 0.587. The van der Waals surface area contributed by atoms with Gasteiger partial charge in [-0.05, 0) is 25.1 Å². The number of rotatable bonds is 4. The van der Waals surface area contributed by atoms with E-state index in [2.05, 4.69) is 4.84 Å². The minimum absolute atomic E-state index is 0.344. The lowest BCUT2D eigenvalue weighted by Gasteiger charge is -2.05. The van der Waals surface area contributed by atoms with Crippen LogP contribution >= 0.6 is 11.8 Å². The molecule has 0 saturated carbocycles. The SMILES string of the molecule is COCC[C@H](C)NCl. The van der Waals surface area contributed by atoms with E-state index in [9.17, 15) is 0 Å². The van der Waals surface area contributed by atoms with E-state index in [0.717, 1.165) is 13.0 Å². The lowest BCUT2D eigenvalue weighted by molar-refractivity contribution is 0.188. The predicted molar refractivity (Wildman–Crippen MR) is 34.9 cm³/mol. The van der Waals surface area contributed by atoms with Crippen molar-refractivity contribution >= 4 is 11.8 Å². The Morgan fingerprint density at radius 2 is 2.38 bits per heavy atom. The predicted octanol–water partition coefficient (Wildman–Crippen LogP) is 1.15. The van der Waals surface area contributed by atoms with Crippen LogP contribution in [0.5, 0.6) is 0 Å². The summed E-state index contributed by atoms with van der Waals surface area (Å²) in [5, 5.41) is 0. The molecule has 0 aliphatic heterocycles. The van der Waals surface area contributed by atoms with E-state index in [0.29, 0.717) is 6.04 Å². The van der Waals surface area contributed by atoms with Gasteiger partial charge in [-0.1, -0.05) is 0 Å². The molecule has 1 N–H and O–H groups in total. The highest BCUT2D eigenvalue weighted by Gasteiger charge is 1.95. The average Bonchev–Trinajstić information content (AvgIpc) is 1.83. The third-order valence-electron chi connectivity index (χ3n) is 0.941. The second kappa shape index (κ2) is 5.35. The van der Waals surface area contributed by atoms with E-state index in [4.69, 9.17) is 16.5 Å². The first-order chi connectivity index (χ1) is 3.81. The molecule has 0 heterocycles. The van der Waals surface area contributed by atoms with Gasteiger partial charge in [-0.2, -0.15) is 0 Å². The zero-order valence-electron chi connectivity index (χ0n) is 5.28. The summed E-state index contributed by atoms with van der Waals surface area (Å²) in [5.41, 5.74) is 0. The van der Waals surface area contributed by atoms with Gasteiger partial charge in [0.15, 0.2) is 0 Å². The van der Waals surface area contributed by atoms with Crippen molar-refractivity contribution in [3.63, 3.8) is 0 Å². The van der Waals surface area contributed by atoms with Crippen LogP contribution in [0.25, 0.3) is 0 Å². The standard InChI is InChI=1S/C5H12ClNO/c1-5(7-6)3-4-8-2/h5,7H,3-4H2,1-2H3/t5-/m0/s1. The fraction of sp³-hybridized carbons (Fsp3) is 1.00. The molecule has 0 aliphatic carbocycles. The number of halogens is 1. The van der Waals surface area contributed by atoms with Crippen molar-refractivity contribution in [3.05, 3.63) is 0 Å². The molecule has 0 rings (SSSR count). The van der Waals surface area contributed by atoms with Gasteiger partial charge in [0, 0.05) is 19.8 Å². The molecular weight excluding hydrogens is 126 g/mol. The van der Waals surface area contributed by atoms with Crippen LogP contribution in [0.15, 0.2) is 0 Å². The maximum Gasteiger partial charge on any atom is 0.0477 e. The first kappa shape index (κ1) is 8.21. The number of hydrogen-bond acceptors (Lipinski definition) is 2. The first-order valence-electron chi connectivity index (χ1n) is 2.66. The van der Waals surface area contributed by atoms with E-state index in [1.54, 1.807) is 7.11 Å². The molecule has 1 atom stereocenters. The Labute approximate surface area is 55.3 Å². The largest absolute Gasteiger partial charge is 0.385 e. The van der Waals surface area contributed by atoms with Crippen LogP contribution < -0.4 is 4.84 Å². The molecule has 0 aromatic heterocycles. The zero-order valence-corrected chi connectivity index (χ0v) is 6.03. The van der Waals surface area contributed by atoms with Gasteiger partial charge in [0.2, 0.25) is 0 Å². The number of ether oxygens (including phenoxy) is 1. The molecule has 0 aliphatic rings. The van der Waals surface area contributed by atoms with E-state index in [1.807, 2.05) is 6.92 Å². The van der Waals surface area contributed by atoms with Gasteiger partial charge < -0.3 is 4.74 Å². The van der Waals surface area contributed by atoms with Gasteiger partial charge in [0.05, 0.1) is 0 Å². The maximum absolute atomic E-state index is 5.28. The molecule has 8 heavy (non-hydrogen) atoms. The summed E-state index contributed by atoms with van der Waals surface area (Å²) in [6.45, 7) is 2.77. The van der Waals surface area contributed by atoms with Gasteiger partial charge >= 0.3 is 0 Å². The van der Waals surface area contributed by atoms with Gasteiger partial charge in [-0.3, -0.25) is 0 Å². The van der Waals surface area contributed by atoms with Crippen molar-refractivity contribution in [1.29, 1.82) is 0 Å².